The molecule has 4 amide bonds. The summed E-state index contributed by atoms with van der Waals surface area (Å²) in [6, 6.07) is 26.9. The minimum Gasteiger partial charge on any atom is -0.480 e. The van der Waals surface area contributed by atoms with Crippen molar-refractivity contribution in [1.29, 1.82) is 0 Å². The van der Waals surface area contributed by atoms with Crippen molar-refractivity contribution in [3.8, 4) is 28.0 Å². The van der Waals surface area contributed by atoms with Gasteiger partial charge in [-0.15, -0.1) is 0 Å². The molecule has 0 radical (unpaired) electrons. The molecule has 32 heteroatoms. The van der Waals surface area contributed by atoms with E-state index >= 15 is 0 Å². The summed E-state index contributed by atoms with van der Waals surface area (Å²) < 4.78 is 120. The standard InChI is InChI=1S/C50H74N2O10.C37H56F5NO7.C18H18N2O4.CH3F/c1-49(2,3)61-45(55)30-20-18-16-14-12-10-8-7-9-11-13-15-17-19-29-44(54)51-43(47(58)62-50(4,5)6)34-32-36(53)31-33-42(46(56)57)52-48(59)60-35-41-39-27-23-21-25-37(39)38-26-22-24-28-40(38)41;1-36(2,3)49-28(46)22-20-18-16-14-12-10-8-7-9-11-13-15-17-19-21-26(44)43-25(35(47)50-37(4,5)6)23-24-27(45)48-34-32(41)30(39)29(38)31(40)33(34)42;19-9-16(17(21)22)20-18(23)24-10-15-13-7-3-1-5-11(13)12-6-2-4-8-14(12)15;1-2/h21-28,41-43H,7-20,29-35H2,1-6H3,(H,51,54)(H,52,59)(H,56,57);25H,7-24H2,1-6H3,(H,43,44);1-8,15-16H,9-10,19H2,(H,20,23)(H,21,22);1H3/t42-,43-;25-;16-;/m000./s1/i;;;1D. The molecule has 4 atom stereocenters. The van der Waals surface area contributed by atoms with E-state index in [1.807, 2.05) is 139 Å². The van der Waals surface area contributed by atoms with Crippen molar-refractivity contribution >= 4 is 71.6 Å². The van der Waals surface area contributed by atoms with Crippen LogP contribution >= 0.6 is 0 Å². The van der Waals surface area contributed by atoms with Crippen LogP contribution in [0.2, 0.25) is 0 Å². The third kappa shape index (κ3) is 47.2. The van der Waals surface area contributed by atoms with E-state index in [-0.39, 0.29) is 93.7 Å². The number of halogens is 6. The van der Waals surface area contributed by atoms with Crippen LogP contribution in [0.5, 0.6) is 5.75 Å². The molecule has 5 aromatic carbocycles. The molecule has 2 aliphatic rings. The zero-order chi connectivity index (χ0) is 103. The van der Waals surface area contributed by atoms with Crippen molar-refractivity contribution in [2.24, 2.45) is 5.73 Å². The predicted octanol–water partition coefficient (Wildman–Crippen LogP) is 22.5. The van der Waals surface area contributed by atoms with E-state index in [1.54, 1.807) is 41.5 Å². The second-order valence-corrected chi connectivity index (χ2v) is 38.9. The highest BCUT2D eigenvalue weighted by atomic mass is 19.2. The highest BCUT2D eigenvalue weighted by Gasteiger charge is 2.36. The SMILES string of the molecule is CC(C)(C)OC(=O)CCCCCCCCCCCCCCCCC(=O)N[C@@H](CCC(=O)CC[C@H](NC(=O)OCC1c2ccccc2-c2ccccc21)C(=O)O)C(=O)OC(C)(C)C.CC(C)(C)OC(=O)CCCCCCCCCCCCCCCCC(=O)N[C@@H](CCC(=O)Oc1c(F)c(F)c(F)c(F)c1F)C(=O)OC(C)(C)C.NC[C@H](NC(=O)OCC1c2ccccc2-c2ccccc21)C(=O)O.[2H]CF. The van der Waals surface area contributed by atoms with Crippen molar-refractivity contribution in [2.45, 2.75) is 385 Å². The Hall–Kier alpha value is -10.9. The lowest BCUT2D eigenvalue weighted by Crippen LogP contribution is -2.46. The van der Waals surface area contributed by atoms with E-state index in [2.05, 4.69) is 26.0 Å². The Morgan fingerprint density at radius 1 is 0.341 bits per heavy atom. The van der Waals surface area contributed by atoms with Gasteiger partial charge in [0.05, 0.1) is 8.52 Å². The molecule has 26 nitrogen and oxygen atoms in total. The lowest BCUT2D eigenvalue weighted by molar-refractivity contribution is -0.159. The number of alkyl halides is 1. The van der Waals surface area contributed by atoms with Gasteiger partial charge < -0.3 is 70.4 Å². The third-order valence-corrected chi connectivity index (χ3v) is 22.5. The Morgan fingerprint density at radius 3 is 0.877 bits per heavy atom. The average Bonchev–Trinajstić information content (AvgIpc) is 1.63. The number of carboxylic acid groups (broad SMARTS) is 2. The summed E-state index contributed by atoms with van der Waals surface area (Å²) in [4.78, 5) is 147. The maximum absolute atomic E-state index is 13.9. The number of Topliss-reactive ketones (excluding diaryl/α,β-unsaturated/α-hetero) is 1. The van der Waals surface area contributed by atoms with Gasteiger partial charge in [0.15, 0.2) is 0 Å². The molecule has 0 unspecified atom stereocenters. The van der Waals surface area contributed by atoms with E-state index in [0.717, 1.165) is 134 Å². The van der Waals surface area contributed by atoms with Crippen LogP contribution in [0, 0.1) is 29.1 Å². The Kier molecular flexibility index (Phi) is 53.6. The number of aliphatic carboxylic acids is 2. The summed E-state index contributed by atoms with van der Waals surface area (Å²) in [6.07, 6.45) is 28.3. The van der Waals surface area contributed by atoms with Crippen LogP contribution in [0.15, 0.2) is 97.1 Å². The normalized spacial score (nSPS) is 13.0. The van der Waals surface area contributed by atoms with Crippen LogP contribution < -0.4 is 31.7 Å². The largest absolute Gasteiger partial charge is 0.480 e. The van der Waals surface area contributed by atoms with Gasteiger partial charge in [0.2, 0.25) is 46.6 Å². The van der Waals surface area contributed by atoms with E-state index in [9.17, 15) is 89.0 Å². The van der Waals surface area contributed by atoms with Crippen LogP contribution in [0.3, 0.4) is 0 Å². The van der Waals surface area contributed by atoms with Crippen molar-refractivity contribution in [1.82, 2.24) is 21.3 Å². The number of esters is 5. The van der Waals surface area contributed by atoms with Crippen LogP contribution in [0.4, 0.5) is 35.9 Å². The summed E-state index contributed by atoms with van der Waals surface area (Å²) in [7, 11) is -1.00. The zero-order valence-corrected chi connectivity index (χ0v) is 82.9. The van der Waals surface area contributed by atoms with Gasteiger partial charge in [-0.25, -0.2) is 41.9 Å². The summed E-state index contributed by atoms with van der Waals surface area (Å²) >= 11 is 0. The minimum atomic E-state index is -2.40. The van der Waals surface area contributed by atoms with E-state index in [1.165, 1.54) is 77.0 Å². The number of nitrogens with two attached hydrogens (primary N) is 1. The fourth-order valence-electron chi connectivity index (χ4n) is 15.8. The molecule has 0 bridgehead atoms. The van der Waals surface area contributed by atoms with Crippen molar-refractivity contribution in [3.05, 3.63) is 148 Å². The third-order valence-electron chi connectivity index (χ3n) is 22.5. The molecule has 768 valence electrons. The Labute approximate surface area is 812 Å². The second kappa shape index (κ2) is 62.9. The molecule has 0 fully saturated rings. The molecule has 0 heterocycles. The Balaban J connectivity index is 0.000000464. The van der Waals surface area contributed by atoms with Crippen molar-refractivity contribution in [3.63, 3.8) is 0 Å². The Bertz CT molecular complexity index is 4560. The van der Waals surface area contributed by atoms with Gasteiger partial charge >= 0.3 is 54.0 Å². The number of carboxylic acids is 2. The number of carbonyl (C=O) groups is 12. The number of amides is 4. The molecule has 5 aromatic rings. The van der Waals surface area contributed by atoms with E-state index in [0.29, 0.717) is 25.7 Å². The first-order chi connectivity index (χ1) is 65.8. The van der Waals surface area contributed by atoms with E-state index < -0.39 is 149 Å². The van der Waals surface area contributed by atoms with Crippen LogP contribution in [-0.2, 0) is 76.4 Å². The molecule has 138 heavy (non-hydrogen) atoms. The van der Waals surface area contributed by atoms with Crippen LogP contribution in [0.25, 0.3) is 22.3 Å². The lowest BCUT2D eigenvalue weighted by Gasteiger charge is -2.24. The molecule has 7 rings (SSSR count). The second-order valence-electron chi connectivity index (χ2n) is 38.9. The van der Waals surface area contributed by atoms with Crippen molar-refractivity contribution in [2.75, 3.05) is 26.9 Å². The summed E-state index contributed by atoms with van der Waals surface area (Å²) in [6.45, 7) is 21.2. The lowest BCUT2D eigenvalue weighted by atomic mass is 9.98. The van der Waals surface area contributed by atoms with Gasteiger partial charge in [-0.3, -0.25) is 33.2 Å². The molecular weight excluding hydrogens is 1790 g/mol. The number of carbonyl (C=O) groups excluding carboxylic acids is 10. The quantitative estimate of drug-likeness (QED) is 0.00361. The maximum Gasteiger partial charge on any atom is 0.407 e. The van der Waals surface area contributed by atoms with Gasteiger partial charge in [0.25, 0.3) is 0 Å². The van der Waals surface area contributed by atoms with E-state index in [4.69, 9.17) is 40.6 Å². The molecule has 0 saturated carbocycles. The number of fused-ring (bicyclic) bond motifs is 6. The number of ketones is 1. The molecular formula is C106H151F6N5O21. The zero-order valence-electron chi connectivity index (χ0n) is 83.9. The van der Waals surface area contributed by atoms with Gasteiger partial charge in [-0.05, 0) is 173 Å². The number of hydrogen-bond donors (Lipinski definition) is 7. The number of ether oxygens (including phenoxy) is 7. The summed E-state index contributed by atoms with van der Waals surface area (Å²) in [5.74, 6) is -20.2. The maximum atomic E-state index is 13.9. The van der Waals surface area contributed by atoms with Crippen molar-refractivity contribution < 1.29 is 129 Å². The highest BCUT2D eigenvalue weighted by Crippen LogP contribution is 2.46. The first-order valence-corrected chi connectivity index (χ1v) is 48.7. The molecule has 0 saturated heterocycles. The topological polar surface area (TPSA) is 384 Å². The monoisotopic (exact) mass is 1950 g/mol. The number of hydrogen-bond acceptors (Lipinski definition) is 20. The van der Waals surface area contributed by atoms with Crippen LogP contribution in [0.1, 0.15) is 363 Å². The molecule has 8 N–H and O–H groups in total. The fourth-order valence-corrected chi connectivity index (χ4v) is 15.8. The van der Waals surface area contributed by atoms with Crippen LogP contribution in [-0.4, -0.2) is 155 Å². The smallest absolute Gasteiger partial charge is 0.407 e. The number of nitrogens with one attached hydrogen (secondary N) is 4. The summed E-state index contributed by atoms with van der Waals surface area (Å²) in [5.41, 5.74) is 11.4. The summed E-state index contributed by atoms with van der Waals surface area (Å²) in [5, 5.41) is 28.6. The average molecular weight is 1950 g/mol. The highest BCUT2D eigenvalue weighted by molar-refractivity contribution is 5.88. The number of unbranched alkanes of at least 4 members (excludes halogenated alkanes) is 26. The fraction of sp³-hybridized carbons (Fsp3) is 0.604. The van der Waals surface area contributed by atoms with Gasteiger partial charge in [-0.1, -0.05) is 251 Å². The number of alkyl carbamates (subject to hydrolysis) is 2. The van der Waals surface area contributed by atoms with Gasteiger partial charge in [0, 0.05) is 63.3 Å². The molecule has 0 spiro atoms. The first kappa shape index (κ1) is 118. The molecule has 0 aromatic heterocycles. The number of benzene rings is 5. The predicted molar refractivity (Wildman–Crippen MR) is 515 cm³/mol. The molecule has 2 aliphatic carbocycles. The Morgan fingerprint density at radius 2 is 0.594 bits per heavy atom. The number of rotatable bonds is 57. The molecule has 0 aliphatic heterocycles. The minimum absolute atomic E-state index is 0.00683. The van der Waals surface area contributed by atoms with Gasteiger partial charge in [-0.2, -0.15) is 8.78 Å². The first-order valence-electron chi connectivity index (χ1n) is 49.4. The van der Waals surface area contributed by atoms with Gasteiger partial charge in [0.1, 0.15) is 65.6 Å².